The number of anilines is 1. The van der Waals surface area contributed by atoms with Crippen molar-refractivity contribution in [2.45, 2.75) is 0 Å². The fourth-order valence-electron chi connectivity index (χ4n) is 2.65. The van der Waals surface area contributed by atoms with E-state index in [1.54, 1.807) is 24.3 Å². The van der Waals surface area contributed by atoms with E-state index in [4.69, 9.17) is 18.9 Å². The summed E-state index contributed by atoms with van der Waals surface area (Å²) in [6.07, 6.45) is 0. The maximum Gasteiger partial charge on any atom is 0.338 e. The number of carbonyl (C=O) groups excluding carboxylic acids is 3. The van der Waals surface area contributed by atoms with Crippen LogP contribution >= 0.6 is 0 Å². The Morgan fingerprint density at radius 1 is 1.03 bits per heavy atom. The van der Waals surface area contributed by atoms with Crippen molar-refractivity contribution in [1.29, 1.82) is 0 Å². The molecule has 1 aliphatic heterocycles. The van der Waals surface area contributed by atoms with E-state index < -0.39 is 18.5 Å². The van der Waals surface area contributed by atoms with Crippen LogP contribution in [0.15, 0.2) is 36.4 Å². The molecule has 1 aliphatic rings. The van der Waals surface area contributed by atoms with Crippen LogP contribution in [0.5, 0.6) is 17.2 Å². The first kappa shape index (κ1) is 20.0. The molecule has 0 radical (unpaired) electrons. The van der Waals surface area contributed by atoms with E-state index in [1.165, 1.54) is 26.3 Å². The summed E-state index contributed by atoms with van der Waals surface area (Å²) in [5, 5.41) is 5.10. The Hall–Kier alpha value is -3.75. The molecule has 0 fully saturated rings. The molecule has 9 heteroatoms. The van der Waals surface area contributed by atoms with Crippen LogP contribution < -0.4 is 24.8 Å². The zero-order valence-corrected chi connectivity index (χ0v) is 15.9. The average Bonchev–Trinajstić information content (AvgIpc) is 2.76. The number of amides is 2. The molecule has 0 aromatic heterocycles. The molecule has 152 valence electrons. The first-order chi connectivity index (χ1) is 14.0. The summed E-state index contributed by atoms with van der Waals surface area (Å²) >= 11 is 0. The van der Waals surface area contributed by atoms with Crippen molar-refractivity contribution >= 4 is 23.5 Å². The van der Waals surface area contributed by atoms with E-state index in [0.29, 0.717) is 41.7 Å². The Balaban J connectivity index is 1.59. The summed E-state index contributed by atoms with van der Waals surface area (Å²) in [6.45, 7) is 0.264. The summed E-state index contributed by atoms with van der Waals surface area (Å²) in [4.78, 5) is 35.9. The molecule has 2 aromatic rings. The Morgan fingerprint density at radius 3 is 2.45 bits per heavy atom. The van der Waals surface area contributed by atoms with Gasteiger partial charge in [0.25, 0.3) is 11.8 Å². The minimum absolute atomic E-state index is 0.175. The number of carbonyl (C=O) groups is 3. The summed E-state index contributed by atoms with van der Waals surface area (Å²) in [6, 6.07) is 9.25. The van der Waals surface area contributed by atoms with Gasteiger partial charge in [-0.05, 0) is 36.4 Å². The van der Waals surface area contributed by atoms with E-state index in [2.05, 4.69) is 10.6 Å². The number of nitrogens with one attached hydrogen (secondary N) is 2. The molecule has 0 bridgehead atoms. The van der Waals surface area contributed by atoms with Crippen molar-refractivity contribution in [3.05, 3.63) is 47.5 Å². The zero-order valence-electron chi connectivity index (χ0n) is 15.9. The van der Waals surface area contributed by atoms with Crippen molar-refractivity contribution < 1.29 is 33.3 Å². The molecular formula is C20H20N2O7. The lowest BCUT2D eigenvalue weighted by atomic mass is 10.1. The standard InChI is InChI=1S/C20H20N2O7/c1-21-19(24)12-3-5-14(6-4-12)22-17(23)11-29-20(25)13-9-15(26-2)18-16(10-13)27-7-8-28-18/h3-6,9-10H,7-8,11H2,1-2H3,(H,21,24)(H,22,23). The summed E-state index contributed by atoms with van der Waals surface area (Å²) in [7, 11) is 2.98. The minimum Gasteiger partial charge on any atom is -0.493 e. The summed E-state index contributed by atoms with van der Waals surface area (Å²) < 4.78 is 21.2. The third kappa shape index (κ3) is 4.75. The topological polar surface area (TPSA) is 112 Å². The molecular weight excluding hydrogens is 380 g/mol. The number of benzene rings is 2. The lowest BCUT2D eigenvalue weighted by Gasteiger charge is -2.21. The van der Waals surface area contributed by atoms with Crippen molar-refractivity contribution in [3.63, 3.8) is 0 Å². The van der Waals surface area contributed by atoms with Crippen LogP contribution in [-0.4, -0.2) is 51.8 Å². The molecule has 0 saturated carbocycles. The average molecular weight is 400 g/mol. The van der Waals surface area contributed by atoms with E-state index in [9.17, 15) is 14.4 Å². The number of rotatable bonds is 6. The van der Waals surface area contributed by atoms with Gasteiger partial charge in [0, 0.05) is 18.3 Å². The molecule has 3 rings (SSSR count). The molecule has 2 aromatic carbocycles. The van der Waals surface area contributed by atoms with Crippen LogP contribution in [-0.2, 0) is 9.53 Å². The second-order valence-corrected chi connectivity index (χ2v) is 5.98. The number of esters is 1. The van der Waals surface area contributed by atoms with Gasteiger partial charge in [-0.25, -0.2) is 4.79 Å². The first-order valence-corrected chi connectivity index (χ1v) is 8.78. The maximum absolute atomic E-state index is 12.3. The van der Waals surface area contributed by atoms with E-state index >= 15 is 0 Å². The zero-order chi connectivity index (χ0) is 20.8. The molecule has 2 N–H and O–H groups in total. The summed E-state index contributed by atoms with van der Waals surface area (Å²) in [5.41, 5.74) is 1.11. The quantitative estimate of drug-likeness (QED) is 0.709. The number of ether oxygens (including phenoxy) is 4. The van der Waals surface area contributed by atoms with Crippen molar-refractivity contribution in [3.8, 4) is 17.2 Å². The third-order valence-corrected chi connectivity index (χ3v) is 4.06. The van der Waals surface area contributed by atoms with Gasteiger partial charge in [-0.2, -0.15) is 0 Å². The van der Waals surface area contributed by atoms with Crippen LogP contribution in [0.1, 0.15) is 20.7 Å². The molecule has 0 spiro atoms. The third-order valence-electron chi connectivity index (χ3n) is 4.06. The van der Waals surface area contributed by atoms with Crippen LogP contribution in [0.25, 0.3) is 0 Å². The van der Waals surface area contributed by atoms with Gasteiger partial charge in [0.05, 0.1) is 12.7 Å². The Bertz CT molecular complexity index is 908. The molecule has 1 heterocycles. The lowest BCUT2D eigenvalue weighted by Crippen LogP contribution is -2.22. The van der Waals surface area contributed by atoms with Gasteiger partial charge in [-0.3, -0.25) is 9.59 Å². The van der Waals surface area contributed by atoms with E-state index in [-0.39, 0.29) is 11.5 Å². The van der Waals surface area contributed by atoms with Crippen molar-refractivity contribution in [1.82, 2.24) is 5.32 Å². The van der Waals surface area contributed by atoms with Crippen LogP contribution in [0.3, 0.4) is 0 Å². The molecule has 0 aliphatic carbocycles. The monoisotopic (exact) mass is 400 g/mol. The lowest BCUT2D eigenvalue weighted by molar-refractivity contribution is -0.119. The molecule has 29 heavy (non-hydrogen) atoms. The molecule has 0 unspecified atom stereocenters. The Labute approximate surface area is 166 Å². The van der Waals surface area contributed by atoms with Gasteiger partial charge in [0.2, 0.25) is 5.75 Å². The predicted molar refractivity (Wildman–Crippen MR) is 103 cm³/mol. The molecule has 0 saturated heterocycles. The highest BCUT2D eigenvalue weighted by molar-refractivity contribution is 5.97. The SMILES string of the molecule is CNC(=O)c1ccc(NC(=O)COC(=O)c2cc(OC)c3c(c2)OCCO3)cc1. The van der Waals surface area contributed by atoms with E-state index in [0.717, 1.165) is 0 Å². The highest BCUT2D eigenvalue weighted by Crippen LogP contribution is 2.40. The number of methoxy groups -OCH3 is 1. The van der Waals surface area contributed by atoms with Gasteiger partial charge < -0.3 is 29.6 Å². The van der Waals surface area contributed by atoms with E-state index in [1.807, 2.05) is 0 Å². The van der Waals surface area contributed by atoms with Crippen molar-refractivity contribution in [2.75, 3.05) is 39.3 Å². The molecule has 2 amide bonds. The first-order valence-electron chi connectivity index (χ1n) is 8.78. The second-order valence-electron chi connectivity index (χ2n) is 5.98. The molecule has 0 atom stereocenters. The smallest absolute Gasteiger partial charge is 0.338 e. The number of hydrogen-bond acceptors (Lipinski definition) is 7. The van der Waals surface area contributed by atoms with Gasteiger partial charge in [0.1, 0.15) is 13.2 Å². The van der Waals surface area contributed by atoms with Gasteiger partial charge >= 0.3 is 5.97 Å². The Morgan fingerprint density at radius 2 is 1.76 bits per heavy atom. The fourth-order valence-corrected chi connectivity index (χ4v) is 2.65. The highest BCUT2D eigenvalue weighted by atomic mass is 16.6. The maximum atomic E-state index is 12.3. The van der Waals surface area contributed by atoms with Gasteiger partial charge in [-0.1, -0.05) is 0 Å². The summed E-state index contributed by atoms with van der Waals surface area (Å²) in [5.74, 6) is -0.307. The second kappa shape index (κ2) is 8.96. The fraction of sp³-hybridized carbons (Fsp3) is 0.250. The van der Waals surface area contributed by atoms with Crippen LogP contribution in [0.2, 0.25) is 0 Å². The van der Waals surface area contributed by atoms with Gasteiger partial charge in [-0.15, -0.1) is 0 Å². The predicted octanol–water partition coefficient (Wildman–Crippen LogP) is 1.62. The Kier molecular flexibility index (Phi) is 6.18. The largest absolute Gasteiger partial charge is 0.493 e. The molecule has 9 nitrogen and oxygen atoms in total. The minimum atomic E-state index is -0.703. The van der Waals surface area contributed by atoms with Crippen LogP contribution in [0, 0.1) is 0 Å². The van der Waals surface area contributed by atoms with Crippen LogP contribution in [0.4, 0.5) is 5.69 Å². The number of fused-ring (bicyclic) bond motifs is 1. The van der Waals surface area contributed by atoms with Gasteiger partial charge in [0.15, 0.2) is 18.1 Å². The van der Waals surface area contributed by atoms with Crippen molar-refractivity contribution in [2.24, 2.45) is 0 Å². The normalized spacial score (nSPS) is 11.9. The highest BCUT2D eigenvalue weighted by Gasteiger charge is 2.22. The number of hydrogen-bond donors (Lipinski definition) is 2.